The maximum atomic E-state index is 9.49. The van der Waals surface area contributed by atoms with Crippen LogP contribution in [-0.4, -0.2) is 24.0 Å². The van der Waals surface area contributed by atoms with Gasteiger partial charge in [0.2, 0.25) is 0 Å². The highest BCUT2D eigenvalue weighted by Gasteiger charge is 2.37. The molecule has 0 N–H and O–H groups in total. The molecule has 3 rings (SSSR count). The van der Waals surface area contributed by atoms with E-state index in [1.165, 1.54) is 37.8 Å². The lowest BCUT2D eigenvalue weighted by molar-refractivity contribution is 0.121. The predicted octanol–water partition coefficient (Wildman–Crippen LogP) is 4.19. The van der Waals surface area contributed by atoms with Gasteiger partial charge in [0.05, 0.1) is 12.0 Å². The normalized spacial score (nSPS) is 33.7. The Hall–Kier alpha value is -1.33. The van der Waals surface area contributed by atoms with Crippen LogP contribution in [0.3, 0.4) is 0 Å². The Kier molecular flexibility index (Phi) is 4.60. The van der Waals surface area contributed by atoms with E-state index < -0.39 is 0 Å². The third-order valence-electron chi connectivity index (χ3n) is 5.63. The van der Waals surface area contributed by atoms with Gasteiger partial charge in [-0.3, -0.25) is 4.90 Å². The summed E-state index contributed by atoms with van der Waals surface area (Å²) < 4.78 is 0. The maximum absolute atomic E-state index is 9.49. The predicted molar refractivity (Wildman–Crippen MR) is 85.9 cm³/mol. The number of benzene rings is 1. The molecule has 0 radical (unpaired) electrons. The lowest BCUT2D eigenvalue weighted by atomic mass is 9.77. The molecule has 1 aliphatic carbocycles. The molecule has 2 fully saturated rings. The number of nitriles is 1. The molecule has 21 heavy (non-hydrogen) atoms. The third-order valence-corrected chi connectivity index (χ3v) is 5.63. The van der Waals surface area contributed by atoms with E-state index in [1.54, 1.807) is 0 Å². The standard InChI is InChI=1S/C19H26N2/c1-2-15-8-9-17(13-20)19(12-15)21-11-10-18(14-21)16-6-4-3-5-7-16/h3-7,15,17-19H,2,8-12,14H2,1H3. The summed E-state index contributed by atoms with van der Waals surface area (Å²) in [6.45, 7) is 4.60. The zero-order valence-electron chi connectivity index (χ0n) is 13.0. The van der Waals surface area contributed by atoms with Crippen LogP contribution in [0.1, 0.15) is 50.5 Å². The van der Waals surface area contributed by atoms with Crippen LogP contribution < -0.4 is 0 Å². The Morgan fingerprint density at radius 2 is 2.00 bits per heavy atom. The van der Waals surface area contributed by atoms with Crippen LogP contribution in [0.4, 0.5) is 0 Å². The minimum atomic E-state index is 0.252. The minimum Gasteiger partial charge on any atom is -0.298 e. The fraction of sp³-hybridized carbons (Fsp3) is 0.632. The summed E-state index contributed by atoms with van der Waals surface area (Å²) in [6.07, 6.45) is 6.10. The smallest absolute Gasteiger partial charge is 0.0672 e. The second kappa shape index (κ2) is 6.62. The molecular weight excluding hydrogens is 256 g/mol. The van der Waals surface area contributed by atoms with E-state index in [0.717, 1.165) is 18.9 Å². The van der Waals surface area contributed by atoms with E-state index >= 15 is 0 Å². The van der Waals surface area contributed by atoms with Gasteiger partial charge < -0.3 is 0 Å². The molecule has 1 aliphatic heterocycles. The average molecular weight is 282 g/mol. The molecular formula is C19H26N2. The van der Waals surface area contributed by atoms with Crippen molar-refractivity contribution in [2.75, 3.05) is 13.1 Å². The largest absolute Gasteiger partial charge is 0.298 e. The van der Waals surface area contributed by atoms with Gasteiger partial charge in [0.25, 0.3) is 0 Å². The molecule has 2 heteroatoms. The first-order valence-electron chi connectivity index (χ1n) is 8.50. The van der Waals surface area contributed by atoms with Crippen molar-refractivity contribution in [3.8, 4) is 6.07 Å². The highest BCUT2D eigenvalue weighted by molar-refractivity contribution is 5.21. The molecule has 0 spiro atoms. The van der Waals surface area contributed by atoms with Gasteiger partial charge in [-0.2, -0.15) is 5.26 Å². The van der Waals surface area contributed by atoms with Crippen LogP contribution in [0.15, 0.2) is 30.3 Å². The van der Waals surface area contributed by atoms with Crippen molar-refractivity contribution in [3.05, 3.63) is 35.9 Å². The first-order valence-corrected chi connectivity index (χ1v) is 8.50. The highest BCUT2D eigenvalue weighted by Crippen LogP contribution is 2.37. The van der Waals surface area contributed by atoms with Crippen LogP contribution in [0.25, 0.3) is 0 Å². The number of nitrogens with zero attached hydrogens (tertiary/aromatic N) is 2. The molecule has 1 aromatic carbocycles. The van der Waals surface area contributed by atoms with Crippen molar-refractivity contribution in [2.45, 2.75) is 51.0 Å². The summed E-state index contributed by atoms with van der Waals surface area (Å²) in [7, 11) is 0. The molecule has 1 heterocycles. The van der Waals surface area contributed by atoms with Gasteiger partial charge in [0.1, 0.15) is 0 Å². The Bertz CT molecular complexity index is 490. The molecule has 4 unspecified atom stereocenters. The number of rotatable bonds is 3. The zero-order chi connectivity index (χ0) is 14.7. The van der Waals surface area contributed by atoms with Crippen LogP contribution in [-0.2, 0) is 0 Å². The first-order chi connectivity index (χ1) is 10.3. The van der Waals surface area contributed by atoms with E-state index in [2.05, 4.69) is 48.2 Å². The second-order valence-electron chi connectivity index (χ2n) is 6.78. The van der Waals surface area contributed by atoms with E-state index in [9.17, 15) is 5.26 Å². The van der Waals surface area contributed by atoms with Gasteiger partial charge in [-0.05, 0) is 49.6 Å². The van der Waals surface area contributed by atoms with Gasteiger partial charge in [-0.15, -0.1) is 0 Å². The minimum absolute atomic E-state index is 0.252. The van der Waals surface area contributed by atoms with E-state index in [1.807, 2.05) is 0 Å². The Labute approximate surface area is 128 Å². The van der Waals surface area contributed by atoms with Crippen molar-refractivity contribution in [2.24, 2.45) is 11.8 Å². The highest BCUT2D eigenvalue weighted by atomic mass is 15.2. The Morgan fingerprint density at radius 3 is 2.71 bits per heavy atom. The van der Waals surface area contributed by atoms with Gasteiger partial charge in [0.15, 0.2) is 0 Å². The summed E-state index contributed by atoms with van der Waals surface area (Å²) >= 11 is 0. The molecule has 1 saturated carbocycles. The van der Waals surface area contributed by atoms with Crippen molar-refractivity contribution in [1.29, 1.82) is 5.26 Å². The van der Waals surface area contributed by atoms with Gasteiger partial charge in [0, 0.05) is 12.6 Å². The SMILES string of the molecule is CCC1CCC(C#N)C(N2CCC(c3ccccc3)C2)C1. The number of hydrogen-bond acceptors (Lipinski definition) is 2. The summed E-state index contributed by atoms with van der Waals surface area (Å²) in [5.74, 6) is 1.74. The lowest BCUT2D eigenvalue weighted by Gasteiger charge is -2.38. The molecule has 4 atom stereocenters. The van der Waals surface area contributed by atoms with Crippen LogP contribution in [0, 0.1) is 23.2 Å². The molecule has 0 bridgehead atoms. The summed E-state index contributed by atoms with van der Waals surface area (Å²) in [4.78, 5) is 2.62. The molecule has 0 aromatic heterocycles. The monoisotopic (exact) mass is 282 g/mol. The van der Waals surface area contributed by atoms with Crippen molar-refractivity contribution in [1.82, 2.24) is 4.90 Å². The van der Waals surface area contributed by atoms with Crippen molar-refractivity contribution in [3.63, 3.8) is 0 Å². The lowest BCUT2D eigenvalue weighted by Crippen LogP contribution is -2.42. The van der Waals surface area contributed by atoms with Gasteiger partial charge in [-0.25, -0.2) is 0 Å². The van der Waals surface area contributed by atoms with Gasteiger partial charge in [-0.1, -0.05) is 43.7 Å². The summed E-state index contributed by atoms with van der Waals surface area (Å²) in [5, 5.41) is 9.49. The van der Waals surface area contributed by atoms with Crippen LogP contribution in [0.5, 0.6) is 0 Å². The number of hydrogen-bond donors (Lipinski definition) is 0. The molecule has 1 saturated heterocycles. The summed E-state index contributed by atoms with van der Waals surface area (Å²) in [5.41, 5.74) is 1.47. The van der Waals surface area contributed by atoms with E-state index in [0.29, 0.717) is 12.0 Å². The Morgan fingerprint density at radius 1 is 1.19 bits per heavy atom. The molecule has 0 amide bonds. The van der Waals surface area contributed by atoms with E-state index in [-0.39, 0.29) is 5.92 Å². The molecule has 2 aliphatic rings. The zero-order valence-corrected chi connectivity index (χ0v) is 13.0. The topological polar surface area (TPSA) is 27.0 Å². The van der Waals surface area contributed by atoms with Crippen molar-refractivity contribution >= 4 is 0 Å². The first kappa shape index (κ1) is 14.6. The van der Waals surface area contributed by atoms with Crippen LogP contribution in [0.2, 0.25) is 0 Å². The van der Waals surface area contributed by atoms with Crippen molar-refractivity contribution < 1.29 is 0 Å². The summed E-state index contributed by atoms with van der Waals surface area (Å²) in [6, 6.07) is 14.0. The number of likely N-dealkylation sites (tertiary alicyclic amines) is 1. The average Bonchev–Trinajstić information content (AvgIpc) is 3.05. The quantitative estimate of drug-likeness (QED) is 0.831. The second-order valence-corrected chi connectivity index (χ2v) is 6.78. The van der Waals surface area contributed by atoms with Crippen LogP contribution >= 0.6 is 0 Å². The fourth-order valence-corrected chi connectivity index (χ4v) is 4.24. The molecule has 112 valence electrons. The third kappa shape index (κ3) is 3.14. The fourth-order valence-electron chi connectivity index (χ4n) is 4.24. The molecule has 1 aromatic rings. The van der Waals surface area contributed by atoms with Gasteiger partial charge >= 0.3 is 0 Å². The van der Waals surface area contributed by atoms with E-state index in [4.69, 9.17) is 0 Å². The Balaban J connectivity index is 1.68. The maximum Gasteiger partial charge on any atom is 0.0672 e. The molecule has 2 nitrogen and oxygen atoms in total.